The summed E-state index contributed by atoms with van der Waals surface area (Å²) in [5.74, 6) is -0.997. The molecule has 16 heavy (non-hydrogen) atoms. The van der Waals surface area contributed by atoms with Crippen LogP contribution in [0.1, 0.15) is 12.8 Å². The molecule has 0 spiro atoms. The van der Waals surface area contributed by atoms with Gasteiger partial charge in [0.25, 0.3) is 5.91 Å². The highest BCUT2D eigenvalue weighted by Crippen LogP contribution is 2.05. The second kappa shape index (κ2) is 6.44. The second-order valence-corrected chi connectivity index (χ2v) is 3.69. The van der Waals surface area contributed by atoms with Crippen molar-refractivity contribution in [3.63, 3.8) is 0 Å². The number of hydrogen-bond acceptors (Lipinski definition) is 4. The van der Waals surface area contributed by atoms with E-state index in [1.807, 2.05) is 0 Å². The summed E-state index contributed by atoms with van der Waals surface area (Å²) in [7, 11) is 1.64. The van der Waals surface area contributed by atoms with Gasteiger partial charge in [-0.25, -0.2) is 0 Å². The van der Waals surface area contributed by atoms with E-state index in [4.69, 9.17) is 14.6 Å². The first kappa shape index (κ1) is 12.9. The van der Waals surface area contributed by atoms with Crippen molar-refractivity contribution in [3.05, 3.63) is 0 Å². The van der Waals surface area contributed by atoms with Crippen LogP contribution in [0.15, 0.2) is 0 Å². The Labute approximate surface area is 94.1 Å². The summed E-state index contributed by atoms with van der Waals surface area (Å²) in [4.78, 5) is 23.5. The molecule has 1 fully saturated rings. The van der Waals surface area contributed by atoms with Crippen LogP contribution in [0.5, 0.6) is 0 Å². The molecule has 0 aliphatic carbocycles. The minimum atomic E-state index is -0.849. The molecular weight excluding hydrogens is 214 g/mol. The predicted molar refractivity (Wildman–Crippen MR) is 55.1 cm³/mol. The minimum Gasteiger partial charge on any atom is -0.481 e. The number of carbonyl (C=O) groups excluding carboxylic acids is 1. The lowest BCUT2D eigenvalue weighted by atomic mass is 10.2. The second-order valence-electron chi connectivity index (χ2n) is 3.69. The van der Waals surface area contributed by atoms with Gasteiger partial charge in [-0.2, -0.15) is 0 Å². The summed E-state index contributed by atoms with van der Waals surface area (Å²) >= 11 is 0. The van der Waals surface area contributed by atoms with Crippen LogP contribution >= 0.6 is 0 Å². The van der Waals surface area contributed by atoms with Crippen LogP contribution in [-0.4, -0.2) is 61.4 Å². The van der Waals surface area contributed by atoms with Gasteiger partial charge in [-0.05, 0) is 6.42 Å². The van der Waals surface area contributed by atoms with Gasteiger partial charge in [-0.15, -0.1) is 0 Å². The van der Waals surface area contributed by atoms with Crippen LogP contribution in [0.3, 0.4) is 0 Å². The van der Waals surface area contributed by atoms with E-state index in [-0.39, 0.29) is 18.9 Å². The summed E-state index contributed by atoms with van der Waals surface area (Å²) in [6.07, 6.45) is -0.0197. The average molecular weight is 231 g/mol. The van der Waals surface area contributed by atoms with E-state index in [1.165, 1.54) is 4.90 Å². The van der Waals surface area contributed by atoms with E-state index in [0.29, 0.717) is 26.2 Å². The van der Waals surface area contributed by atoms with Gasteiger partial charge in [0, 0.05) is 20.0 Å². The molecule has 1 rings (SSSR count). The smallest absolute Gasteiger partial charge is 0.303 e. The lowest BCUT2D eigenvalue weighted by Gasteiger charge is -2.26. The van der Waals surface area contributed by atoms with E-state index in [2.05, 4.69) is 0 Å². The van der Waals surface area contributed by atoms with Gasteiger partial charge in [0.2, 0.25) is 0 Å². The molecule has 92 valence electrons. The summed E-state index contributed by atoms with van der Waals surface area (Å²) in [5.41, 5.74) is 0. The van der Waals surface area contributed by atoms with Crippen LogP contribution in [0, 0.1) is 0 Å². The van der Waals surface area contributed by atoms with Crippen molar-refractivity contribution in [3.8, 4) is 0 Å². The number of rotatable bonds is 5. The topological polar surface area (TPSA) is 76.1 Å². The lowest BCUT2D eigenvalue weighted by Crippen LogP contribution is -2.44. The lowest BCUT2D eigenvalue weighted by molar-refractivity contribution is -0.157. The molecule has 1 N–H and O–H groups in total. The van der Waals surface area contributed by atoms with Gasteiger partial charge < -0.3 is 19.5 Å². The zero-order valence-corrected chi connectivity index (χ0v) is 9.35. The Bertz CT molecular complexity index is 250. The Hall–Kier alpha value is -1.14. The molecule has 1 unspecified atom stereocenters. The van der Waals surface area contributed by atoms with Crippen molar-refractivity contribution in [2.24, 2.45) is 0 Å². The van der Waals surface area contributed by atoms with Crippen LogP contribution in [0.25, 0.3) is 0 Å². The van der Waals surface area contributed by atoms with E-state index >= 15 is 0 Å². The van der Waals surface area contributed by atoms with E-state index in [0.717, 1.165) is 0 Å². The Balaban J connectivity index is 2.26. The maximum Gasteiger partial charge on any atom is 0.303 e. The van der Waals surface area contributed by atoms with E-state index < -0.39 is 12.1 Å². The Morgan fingerprint density at radius 1 is 1.44 bits per heavy atom. The molecule has 1 aliphatic heterocycles. The third-order valence-corrected chi connectivity index (χ3v) is 2.35. The highest BCUT2D eigenvalue weighted by atomic mass is 16.6. The Morgan fingerprint density at radius 2 is 2.19 bits per heavy atom. The molecule has 1 heterocycles. The Kier molecular flexibility index (Phi) is 5.21. The normalized spacial score (nSPS) is 20.4. The molecule has 0 aromatic carbocycles. The number of carboxylic acids is 1. The van der Waals surface area contributed by atoms with Crippen LogP contribution in [-0.2, 0) is 19.1 Å². The van der Waals surface area contributed by atoms with Crippen molar-refractivity contribution in [2.75, 3.05) is 33.4 Å². The molecule has 1 saturated heterocycles. The highest BCUT2D eigenvalue weighted by molar-refractivity contribution is 5.81. The summed E-state index contributed by atoms with van der Waals surface area (Å²) in [5, 5.41) is 8.47. The first-order chi connectivity index (χ1) is 7.61. The molecule has 0 bridgehead atoms. The van der Waals surface area contributed by atoms with Gasteiger partial charge >= 0.3 is 5.97 Å². The fourth-order valence-corrected chi connectivity index (χ4v) is 1.45. The maximum absolute atomic E-state index is 11.7. The number of amides is 1. The number of carbonyl (C=O) groups is 2. The Morgan fingerprint density at radius 3 is 2.75 bits per heavy atom. The van der Waals surface area contributed by atoms with Crippen molar-refractivity contribution >= 4 is 11.9 Å². The molecule has 1 atom stereocenters. The maximum atomic E-state index is 11.7. The van der Waals surface area contributed by atoms with Gasteiger partial charge in [0.1, 0.15) is 0 Å². The molecule has 6 heteroatoms. The zero-order valence-electron chi connectivity index (χ0n) is 9.35. The molecule has 0 aromatic rings. The quantitative estimate of drug-likeness (QED) is 0.704. The average Bonchev–Trinajstić information content (AvgIpc) is 2.28. The fraction of sp³-hybridized carbons (Fsp3) is 0.800. The first-order valence-electron chi connectivity index (χ1n) is 5.27. The van der Waals surface area contributed by atoms with Crippen molar-refractivity contribution < 1.29 is 24.2 Å². The molecule has 1 aliphatic rings. The highest BCUT2D eigenvalue weighted by Gasteiger charge is 2.25. The number of aliphatic carboxylic acids is 1. The fourth-order valence-electron chi connectivity index (χ4n) is 1.45. The van der Waals surface area contributed by atoms with Crippen LogP contribution < -0.4 is 0 Å². The van der Waals surface area contributed by atoms with Gasteiger partial charge in [0.05, 0.1) is 19.8 Å². The number of hydrogen-bond donors (Lipinski definition) is 1. The summed E-state index contributed by atoms with van der Waals surface area (Å²) in [6.45, 7) is 1.65. The van der Waals surface area contributed by atoms with Crippen molar-refractivity contribution in [1.29, 1.82) is 0 Å². The van der Waals surface area contributed by atoms with Gasteiger partial charge in [0.15, 0.2) is 6.10 Å². The predicted octanol–water partition coefficient (Wildman–Crippen LogP) is -0.275. The standard InChI is InChI=1S/C10H17NO5/c1-11(4-2-3-9(12)13)10(14)8-7-15-5-6-16-8/h8H,2-7H2,1H3,(H,12,13). The van der Waals surface area contributed by atoms with Crippen molar-refractivity contribution in [2.45, 2.75) is 18.9 Å². The molecule has 0 saturated carbocycles. The monoisotopic (exact) mass is 231 g/mol. The van der Waals surface area contributed by atoms with Crippen LogP contribution in [0.4, 0.5) is 0 Å². The largest absolute Gasteiger partial charge is 0.481 e. The van der Waals surface area contributed by atoms with Gasteiger partial charge in [-0.1, -0.05) is 0 Å². The third kappa shape index (κ3) is 4.16. The summed E-state index contributed by atoms with van der Waals surface area (Å²) < 4.78 is 10.4. The third-order valence-electron chi connectivity index (χ3n) is 2.35. The zero-order chi connectivity index (χ0) is 12.0. The van der Waals surface area contributed by atoms with E-state index in [9.17, 15) is 9.59 Å². The molecule has 1 amide bonds. The van der Waals surface area contributed by atoms with Crippen molar-refractivity contribution in [1.82, 2.24) is 4.90 Å². The number of ether oxygens (including phenoxy) is 2. The molecule has 6 nitrogen and oxygen atoms in total. The molecular formula is C10H17NO5. The SMILES string of the molecule is CN(CCCC(=O)O)C(=O)C1COCCO1. The minimum absolute atomic E-state index is 0.0691. The molecule has 0 aromatic heterocycles. The number of carboxylic acid groups (broad SMARTS) is 1. The summed E-state index contributed by atoms with van der Waals surface area (Å²) in [6, 6.07) is 0. The van der Waals surface area contributed by atoms with Crippen LogP contribution in [0.2, 0.25) is 0 Å². The number of likely N-dealkylation sites (N-methyl/N-ethyl adjacent to an activating group) is 1. The van der Waals surface area contributed by atoms with Gasteiger partial charge in [-0.3, -0.25) is 9.59 Å². The number of nitrogens with zero attached hydrogens (tertiary/aromatic N) is 1. The molecule has 0 radical (unpaired) electrons. The first-order valence-corrected chi connectivity index (χ1v) is 5.27. The van der Waals surface area contributed by atoms with E-state index in [1.54, 1.807) is 7.05 Å².